The summed E-state index contributed by atoms with van der Waals surface area (Å²) in [6.45, 7) is 2.90. The molecule has 5 heteroatoms. The van der Waals surface area contributed by atoms with E-state index in [-0.39, 0.29) is 5.91 Å². The first-order valence-electron chi connectivity index (χ1n) is 7.34. The van der Waals surface area contributed by atoms with Crippen LogP contribution in [0.2, 0.25) is 0 Å². The van der Waals surface area contributed by atoms with Crippen molar-refractivity contribution in [2.75, 3.05) is 19.6 Å². The number of nitrogens with zero attached hydrogens (tertiary/aromatic N) is 1. The molecule has 1 aromatic heterocycles. The fourth-order valence-electron chi connectivity index (χ4n) is 2.77. The van der Waals surface area contributed by atoms with Gasteiger partial charge < -0.3 is 14.6 Å². The molecule has 1 aliphatic heterocycles. The molecule has 0 atom stereocenters. The van der Waals surface area contributed by atoms with Crippen molar-refractivity contribution in [2.24, 2.45) is 5.92 Å². The number of rotatable bonds is 4. The summed E-state index contributed by atoms with van der Waals surface area (Å²) >= 11 is 0. The highest BCUT2D eigenvalue weighted by atomic mass is 16.4. The Morgan fingerprint density at radius 1 is 1.25 bits per heavy atom. The van der Waals surface area contributed by atoms with E-state index in [0.717, 1.165) is 45.3 Å². The van der Waals surface area contributed by atoms with E-state index in [0.29, 0.717) is 17.5 Å². The van der Waals surface area contributed by atoms with E-state index in [2.05, 4.69) is 5.32 Å². The minimum absolute atomic E-state index is 0.00483. The third-order valence-electron chi connectivity index (χ3n) is 4.11. The maximum atomic E-state index is 12.6. The van der Waals surface area contributed by atoms with E-state index in [1.54, 1.807) is 6.07 Å². The van der Waals surface area contributed by atoms with Crippen LogP contribution in [0.3, 0.4) is 0 Å². The normalized spacial score (nSPS) is 19.8. The molecule has 0 spiro atoms. The topological polar surface area (TPSA) is 62.6 Å². The zero-order valence-electron chi connectivity index (χ0n) is 11.5. The van der Waals surface area contributed by atoms with Crippen molar-refractivity contribution in [3.8, 4) is 0 Å². The van der Waals surface area contributed by atoms with Gasteiger partial charge in [0.25, 0.3) is 5.91 Å². The lowest BCUT2D eigenvalue weighted by molar-refractivity contribution is 0.0699. The maximum absolute atomic E-state index is 12.6. The van der Waals surface area contributed by atoms with Crippen molar-refractivity contribution in [2.45, 2.75) is 31.7 Å². The number of hydrogen-bond acceptors (Lipinski definition) is 4. The molecule has 1 saturated carbocycles. The molecule has 1 amide bonds. The lowest BCUT2D eigenvalue weighted by Crippen LogP contribution is -2.40. The van der Waals surface area contributed by atoms with Gasteiger partial charge in [-0.3, -0.25) is 4.79 Å². The molecule has 1 saturated heterocycles. The second-order valence-corrected chi connectivity index (χ2v) is 5.73. The van der Waals surface area contributed by atoms with Crippen LogP contribution in [0.1, 0.15) is 36.0 Å². The molecule has 0 aromatic carbocycles. The standard InChI is InChI=1S/C15H20N2O3/c18-14-4-1-12(10-20-14)15(19)17(13-2-3-13)9-11-5-7-16-8-6-11/h1,4,10-11,13,16H,2-3,5-9H2. The summed E-state index contributed by atoms with van der Waals surface area (Å²) in [5.41, 5.74) is 0.0586. The summed E-state index contributed by atoms with van der Waals surface area (Å²) < 4.78 is 4.81. The summed E-state index contributed by atoms with van der Waals surface area (Å²) in [6, 6.07) is 3.25. The number of piperidine rings is 1. The molecule has 3 rings (SSSR count). The van der Waals surface area contributed by atoms with Gasteiger partial charge >= 0.3 is 5.63 Å². The summed E-state index contributed by atoms with van der Waals surface area (Å²) in [7, 11) is 0. The van der Waals surface area contributed by atoms with Gasteiger partial charge in [-0.2, -0.15) is 0 Å². The van der Waals surface area contributed by atoms with Gasteiger partial charge in [-0.15, -0.1) is 0 Å². The van der Waals surface area contributed by atoms with Gasteiger partial charge in [0.15, 0.2) is 0 Å². The Morgan fingerprint density at radius 3 is 2.60 bits per heavy atom. The highest BCUT2D eigenvalue weighted by Gasteiger charge is 2.34. The van der Waals surface area contributed by atoms with Crippen LogP contribution in [-0.4, -0.2) is 36.5 Å². The second-order valence-electron chi connectivity index (χ2n) is 5.73. The summed E-state index contributed by atoms with van der Waals surface area (Å²) in [5, 5.41) is 3.35. The minimum atomic E-state index is -0.419. The Hall–Kier alpha value is -1.62. The van der Waals surface area contributed by atoms with Crippen molar-refractivity contribution in [1.82, 2.24) is 10.2 Å². The number of nitrogens with one attached hydrogen (secondary N) is 1. The average molecular weight is 276 g/mol. The monoisotopic (exact) mass is 276 g/mol. The van der Waals surface area contributed by atoms with Crippen molar-refractivity contribution < 1.29 is 9.21 Å². The Bertz CT molecular complexity index is 510. The van der Waals surface area contributed by atoms with E-state index < -0.39 is 5.63 Å². The summed E-state index contributed by atoms with van der Waals surface area (Å²) in [4.78, 5) is 25.5. The first-order chi connectivity index (χ1) is 9.74. The zero-order chi connectivity index (χ0) is 13.9. The van der Waals surface area contributed by atoms with Gasteiger partial charge in [-0.05, 0) is 50.8 Å². The Balaban J connectivity index is 1.71. The van der Waals surface area contributed by atoms with Crippen LogP contribution in [0.5, 0.6) is 0 Å². The van der Waals surface area contributed by atoms with Crippen molar-refractivity contribution >= 4 is 5.91 Å². The smallest absolute Gasteiger partial charge is 0.335 e. The molecule has 2 aliphatic rings. The van der Waals surface area contributed by atoms with E-state index in [4.69, 9.17) is 4.42 Å². The molecular weight excluding hydrogens is 256 g/mol. The van der Waals surface area contributed by atoms with Crippen LogP contribution in [0.25, 0.3) is 0 Å². The minimum Gasteiger partial charge on any atom is -0.430 e. The molecule has 0 radical (unpaired) electrons. The zero-order valence-corrected chi connectivity index (χ0v) is 11.5. The molecule has 0 bridgehead atoms. The maximum Gasteiger partial charge on any atom is 0.335 e. The quantitative estimate of drug-likeness (QED) is 0.899. The fourth-order valence-corrected chi connectivity index (χ4v) is 2.77. The highest BCUT2D eigenvalue weighted by Crippen LogP contribution is 2.30. The highest BCUT2D eigenvalue weighted by molar-refractivity contribution is 5.94. The number of hydrogen-bond donors (Lipinski definition) is 1. The third-order valence-corrected chi connectivity index (χ3v) is 4.11. The van der Waals surface area contributed by atoms with Gasteiger partial charge in [0.2, 0.25) is 0 Å². The van der Waals surface area contributed by atoms with Gasteiger partial charge in [0.1, 0.15) is 6.26 Å². The van der Waals surface area contributed by atoms with E-state index in [1.807, 2.05) is 4.90 Å². The first-order valence-corrected chi connectivity index (χ1v) is 7.34. The lowest BCUT2D eigenvalue weighted by atomic mass is 9.97. The van der Waals surface area contributed by atoms with Gasteiger partial charge in [-0.25, -0.2) is 4.79 Å². The molecule has 5 nitrogen and oxygen atoms in total. The summed E-state index contributed by atoms with van der Waals surface area (Å²) in [5.74, 6) is 0.575. The molecule has 2 heterocycles. The molecule has 0 unspecified atom stereocenters. The molecule has 1 N–H and O–H groups in total. The second kappa shape index (κ2) is 5.79. The number of carbonyl (C=O) groups is 1. The third kappa shape index (κ3) is 3.10. The molecule has 2 fully saturated rings. The molecule has 1 aliphatic carbocycles. The van der Waals surface area contributed by atoms with Crippen LogP contribution in [-0.2, 0) is 0 Å². The van der Waals surface area contributed by atoms with E-state index in [9.17, 15) is 9.59 Å². The van der Waals surface area contributed by atoms with Gasteiger partial charge in [-0.1, -0.05) is 0 Å². The van der Waals surface area contributed by atoms with Crippen LogP contribution in [0.4, 0.5) is 0 Å². The summed E-state index contributed by atoms with van der Waals surface area (Å²) in [6.07, 6.45) is 5.71. The Morgan fingerprint density at radius 2 is 2.00 bits per heavy atom. The number of amides is 1. The molecule has 20 heavy (non-hydrogen) atoms. The molecular formula is C15H20N2O3. The van der Waals surface area contributed by atoms with Crippen molar-refractivity contribution in [3.05, 3.63) is 34.4 Å². The van der Waals surface area contributed by atoms with Crippen molar-refractivity contribution in [1.29, 1.82) is 0 Å². The predicted molar refractivity (Wildman–Crippen MR) is 74.6 cm³/mol. The van der Waals surface area contributed by atoms with E-state index in [1.165, 1.54) is 12.3 Å². The molecule has 1 aromatic rings. The van der Waals surface area contributed by atoms with E-state index >= 15 is 0 Å². The van der Waals surface area contributed by atoms with Crippen LogP contribution in [0, 0.1) is 5.92 Å². The van der Waals surface area contributed by atoms with Crippen LogP contribution in [0.15, 0.2) is 27.6 Å². The lowest BCUT2D eigenvalue weighted by Gasteiger charge is -2.30. The average Bonchev–Trinajstić information content (AvgIpc) is 3.30. The molecule has 108 valence electrons. The SMILES string of the molecule is O=C(c1ccc(=O)oc1)N(CC1CCNCC1)C1CC1. The van der Waals surface area contributed by atoms with Crippen LogP contribution < -0.4 is 10.9 Å². The van der Waals surface area contributed by atoms with Gasteiger partial charge in [0, 0.05) is 18.7 Å². The van der Waals surface area contributed by atoms with Gasteiger partial charge in [0.05, 0.1) is 5.56 Å². The Labute approximate surface area is 118 Å². The largest absolute Gasteiger partial charge is 0.430 e. The fraction of sp³-hybridized carbons (Fsp3) is 0.600. The van der Waals surface area contributed by atoms with Crippen molar-refractivity contribution in [3.63, 3.8) is 0 Å². The first kappa shape index (κ1) is 13.4. The Kier molecular flexibility index (Phi) is 3.87. The predicted octanol–water partition coefficient (Wildman–Crippen LogP) is 1.24. The van der Waals surface area contributed by atoms with Crippen LogP contribution >= 0.6 is 0 Å². The number of carbonyl (C=O) groups excluding carboxylic acids is 1.